The van der Waals surface area contributed by atoms with E-state index >= 15 is 0 Å². The summed E-state index contributed by atoms with van der Waals surface area (Å²) in [5.74, 6) is -0.265. The number of benzene rings is 1. The Balaban J connectivity index is 2.58. The van der Waals surface area contributed by atoms with Crippen LogP contribution in [0.2, 0.25) is 5.02 Å². The number of hydrogen-bond acceptors (Lipinski definition) is 2. The molecule has 0 aromatic heterocycles. The van der Waals surface area contributed by atoms with Crippen molar-refractivity contribution in [1.29, 1.82) is 0 Å². The number of carbonyl (C=O) groups excluding carboxylic acids is 1. The van der Waals surface area contributed by atoms with Gasteiger partial charge >= 0.3 is 0 Å². The molecule has 0 saturated carbocycles. The van der Waals surface area contributed by atoms with Crippen LogP contribution in [0.4, 0.5) is 5.69 Å². The summed E-state index contributed by atoms with van der Waals surface area (Å²) in [5, 5.41) is 13.8. The smallest absolute Gasteiger partial charge is 0.231 e. The third kappa shape index (κ3) is 2.13. The average Bonchev–Trinajstić information content (AvgIpc) is 2.53. The first-order chi connectivity index (χ1) is 8.21. The van der Waals surface area contributed by atoms with E-state index in [9.17, 15) is 9.90 Å². The van der Waals surface area contributed by atoms with E-state index in [1.807, 2.05) is 27.7 Å². The fourth-order valence-corrected chi connectivity index (χ4v) is 2.43. The molecule has 0 radical (unpaired) electrons. The van der Waals surface area contributed by atoms with Crippen LogP contribution in [0.15, 0.2) is 12.1 Å². The lowest BCUT2D eigenvalue weighted by molar-refractivity contribution is -0.116. The van der Waals surface area contributed by atoms with E-state index in [1.54, 1.807) is 12.1 Å². The van der Waals surface area contributed by atoms with E-state index < -0.39 is 6.10 Å². The largest absolute Gasteiger partial charge is 0.388 e. The molecule has 1 aromatic carbocycles. The second-order valence-corrected chi connectivity index (χ2v) is 6.38. The van der Waals surface area contributed by atoms with E-state index in [4.69, 9.17) is 11.6 Å². The first kappa shape index (κ1) is 13.4. The highest BCUT2D eigenvalue weighted by atomic mass is 35.5. The Bertz CT molecular complexity index is 505. The molecule has 2 rings (SSSR count). The molecular weight excluding hydrogens is 250 g/mol. The predicted octanol–water partition coefficient (Wildman–Crippen LogP) is 3.48. The molecule has 2 N–H and O–H groups in total. The molecule has 0 aliphatic carbocycles. The van der Waals surface area contributed by atoms with Gasteiger partial charge in [0.1, 0.15) is 0 Å². The van der Waals surface area contributed by atoms with Gasteiger partial charge in [0.15, 0.2) is 0 Å². The lowest BCUT2D eigenvalue weighted by Crippen LogP contribution is -2.19. The maximum absolute atomic E-state index is 11.7. The van der Waals surface area contributed by atoms with Crippen LogP contribution in [0, 0.1) is 5.41 Å². The summed E-state index contributed by atoms with van der Waals surface area (Å²) in [7, 11) is 0. The molecule has 3 nitrogen and oxygen atoms in total. The van der Waals surface area contributed by atoms with E-state index in [2.05, 4.69) is 5.32 Å². The first-order valence-electron chi connectivity index (χ1n) is 6.04. The normalized spacial score (nSPS) is 20.6. The highest BCUT2D eigenvalue weighted by molar-refractivity contribution is 6.31. The van der Waals surface area contributed by atoms with Crippen LogP contribution in [0.3, 0.4) is 0 Å². The van der Waals surface area contributed by atoms with Crippen molar-refractivity contribution in [2.45, 2.75) is 39.7 Å². The monoisotopic (exact) mass is 267 g/mol. The van der Waals surface area contributed by atoms with Crippen molar-refractivity contribution >= 4 is 23.2 Å². The van der Waals surface area contributed by atoms with Crippen LogP contribution in [-0.4, -0.2) is 11.0 Å². The molecule has 18 heavy (non-hydrogen) atoms. The summed E-state index contributed by atoms with van der Waals surface area (Å²) in [6.45, 7) is 7.69. The lowest BCUT2D eigenvalue weighted by Gasteiger charge is -2.28. The van der Waals surface area contributed by atoms with Gasteiger partial charge in [-0.15, -0.1) is 0 Å². The molecule has 1 aliphatic rings. The number of nitrogens with one attached hydrogen (secondary N) is 1. The first-order valence-corrected chi connectivity index (χ1v) is 6.42. The zero-order valence-corrected chi connectivity index (χ0v) is 11.8. The Hall–Kier alpha value is -1.06. The summed E-state index contributed by atoms with van der Waals surface area (Å²) in [5.41, 5.74) is 1.97. The molecule has 1 heterocycles. The number of aliphatic hydroxyl groups excluding tert-OH is 1. The maximum atomic E-state index is 11.7. The van der Waals surface area contributed by atoms with Gasteiger partial charge in [0.2, 0.25) is 5.91 Å². The second kappa shape index (κ2) is 4.25. The standard InChI is InChI=1S/C14H18ClNO2/c1-7-9-5-8(15)6-10(11(9)16-13(7)18)12(17)14(2,3)4/h5-7,12,17H,1-4H3,(H,16,18). The molecule has 1 amide bonds. The highest BCUT2D eigenvalue weighted by Crippen LogP contribution is 2.44. The number of fused-ring (bicyclic) bond motifs is 1. The van der Waals surface area contributed by atoms with Crippen molar-refractivity contribution < 1.29 is 9.90 Å². The van der Waals surface area contributed by atoms with Crippen molar-refractivity contribution in [3.63, 3.8) is 0 Å². The number of hydrogen-bond donors (Lipinski definition) is 2. The summed E-state index contributed by atoms with van der Waals surface area (Å²) >= 11 is 6.09. The van der Waals surface area contributed by atoms with Gasteiger partial charge in [-0.1, -0.05) is 32.4 Å². The number of aliphatic hydroxyl groups is 1. The predicted molar refractivity (Wildman–Crippen MR) is 72.9 cm³/mol. The number of halogens is 1. The average molecular weight is 268 g/mol. The van der Waals surface area contributed by atoms with Crippen molar-refractivity contribution in [2.24, 2.45) is 5.41 Å². The van der Waals surface area contributed by atoms with E-state index in [0.717, 1.165) is 11.3 Å². The topological polar surface area (TPSA) is 49.3 Å². The fraction of sp³-hybridized carbons (Fsp3) is 0.500. The van der Waals surface area contributed by atoms with Crippen LogP contribution in [0.1, 0.15) is 50.8 Å². The van der Waals surface area contributed by atoms with Crippen molar-refractivity contribution in [1.82, 2.24) is 0 Å². The van der Waals surface area contributed by atoms with Gasteiger partial charge in [0.05, 0.1) is 17.7 Å². The molecule has 0 spiro atoms. The minimum atomic E-state index is -0.671. The van der Waals surface area contributed by atoms with Crippen LogP contribution in [0.25, 0.3) is 0 Å². The Labute approximate surface area is 112 Å². The summed E-state index contributed by atoms with van der Waals surface area (Å²) in [6.07, 6.45) is -0.671. The number of rotatable bonds is 1. The SMILES string of the molecule is CC1C(=O)Nc2c1cc(Cl)cc2C(O)C(C)(C)C. The van der Waals surface area contributed by atoms with Crippen LogP contribution >= 0.6 is 11.6 Å². The highest BCUT2D eigenvalue weighted by Gasteiger charge is 2.34. The third-order valence-electron chi connectivity index (χ3n) is 3.39. The Morgan fingerprint density at radius 2 is 2.00 bits per heavy atom. The third-order valence-corrected chi connectivity index (χ3v) is 3.61. The molecular formula is C14H18ClNO2. The molecule has 0 bridgehead atoms. The van der Waals surface area contributed by atoms with Gasteiger partial charge in [-0.05, 0) is 30.0 Å². The van der Waals surface area contributed by atoms with Crippen molar-refractivity contribution in [3.05, 3.63) is 28.3 Å². The minimum Gasteiger partial charge on any atom is -0.388 e. The molecule has 98 valence electrons. The van der Waals surface area contributed by atoms with Crippen molar-refractivity contribution in [2.75, 3.05) is 5.32 Å². The van der Waals surface area contributed by atoms with Gasteiger partial charge in [-0.3, -0.25) is 4.79 Å². The van der Waals surface area contributed by atoms with E-state index in [1.165, 1.54) is 0 Å². The number of anilines is 1. The molecule has 2 atom stereocenters. The fourth-order valence-electron chi connectivity index (χ4n) is 2.19. The van der Waals surface area contributed by atoms with E-state index in [-0.39, 0.29) is 17.2 Å². The maximum Gasteiger partial charge on any atom is 0.231 e. The van der Waals surface area contributed by atoms with Gasteiger partial charge in [0, 0.05) is 10.6 Å². The molecule has 0 fully saturated rings. The van der Waals surface area contributed by atoms with Crippen LogP contribution in [0.5, 0.6) is 0 Å². The van der Waals surface area contributed by atoms with Gasteiger partial charge in [0.25, 0.3) is 0 Å². The van der Waals surface area contributed by atoms with Crippen LogP contribution < -0.4 is 5.32 Å². The zero-order valence-electron chi connectivity index (χ0n) is 11.0. The Morgan fingerprint density at radius 1 is 1.39 bits per heavy atom. The molecule has 0 saturated heterocycles. The second-order valence-electron chi connectivity index (χ2n) is 5.94. The van der Waals surface area contributed by atoms with Crippen LogP contribution in [-0.2, 0) is 4.79 Å². The summed E-state index contributed by atoms with van der Waals surface area (Å²) < 4.78 is 0. The van der Waals surface area contributed by atoms with Gasteiger partial charge in [-0.25, -0.2) is 0 Å². The Morgan fingerprint density at radius 3 is 2.56 bits per heavy atom. The lowest BCUT2D eigenvalue weighted by atomic mass is 9.83. The van der Waals surface area contributed by atoms with Gasteiger partial charge in [-0.2, -0.15) is 0 Å². The van der Waals surface area contributed by atoms with Crippen molar-refractivity contribution in [3.8, 4) is 0 Å². The molecule has 4 heteroatoms. The zero-order chi connectivity index (χ0) is 13.7. The van der Waals surface area contributed by atoms with E-state index in [0.29, 0.717) is 10.6 Å². The Kier molecular flexibility index (Phi) is 3.16. The summed E-state index contributed by atoms with van der Waals surface area (Å²) in [6, 6.07) is 3.52. The van der Waals surface area contributed by atoms with Gasteiger partial charge < -0.3 is 10.4 Å². The quantitative estimate of drug-likeness (QED) is 0.818. The number of amides is 1. The number of carbonyl (C=O) groups is 1. The summed E-state index contributed by atoms with van der Waals surface area (Å²) in [4.78, 5) is 11.7. The minimum absolute atomic E-state index is 0.0466. The molecule has 1 aromatic rings. The molecule has 1 aliphatic heterocycles. The molecule has 2 unspecified atom stereocenters.